The van der Waals surface area contributed by atoms with E-state index in [0.717, 1.165) is 0 Å². The molecule has 1 aromatic rings. The third-order valence-corrected chi connectivity index (χ3v) is 3.18. The van der Waals surface area contributed by atoms with Crippen LogP contribution < -0.4 is 9.47 Å². The zero-order chi connectivity index (χ0) is 14.8. The smallest absolute Gasteiger partial charge is 0.328 e. The Morgan fingerprint density at radius 1 is 1.10 bits per heavy atom. The molecule has 108 valence electrons. The van der Waals surface area contributed by atoms with Gasteiger partial charge in [0, 0.05) is 7.11 Å². The van der Waals surface area contributed by atoms with E-state index in [1.165, 1.54) is 28.4 Å². The lowest BCUT2D eigenvalue weighted by molar-refractivity contribution is -0.131. The van der Waals surface area contributed by atoms with Gasteiger partial charge >= 0.3 is 5.95 Å². The highest BCUT2D eigenvalue weighted by atomic mass is 16.7. The van der Waals surface area contributed by atoms with Crippen LogP contribution in [0.2, 0.25) is 0 Å². The molecule has 0 spiro atoms. The lowest BCUT2D eigenvalue weighted by Gasteiger charge is -2.35. The second-order valence-corrected chi connectivity index (χ2v) is 4.02. The van der Waals surface area contributed by atoms with Crippen molar-refractivity contribution in [1.82, 2.24) is 0 Å². The Morgan fingerprint density at radius 2 is 1.85 bits per heavy atom. The lowest BCUT2D eigenvalue weighted by atomic mass is 9.89. The van der Waals surface area contributed by atoms with E-state index in [9.17, 15) is 4.79 Å². The van der Waals surface area contributed by atoms with Crippen LogP contribution in [0.25, 0.3) is 0 Å². The maximum atomic E-state index is 11.8. The van der Waals surface area contributed by atoms with Crippen LogP contribution in [0.1, 0.15) is 5.56 Å². The fourth-order valence-corrected chi connectivity index (χ4v) is 2.27. The van der Waals surface area contributed by atoms with Gasteiger partial charge in [-0.2, -0.15) is 0 Å². The molecule has 2 rings (SSSR count). The van der Waals surface area contributed by atoms with Gasteiger partial charge in [-0.15, -0.1) is 0 Å². The fraction of sp³-hybridized carbons (Fsp3) is 0.357. The van der Waals surface area contributed by atoms with E-state index >= 15 is 0 Å². The molecule has 6 heteroatoms. The number of hydrogen-bond acceptors (Lipinski definition) is 6. The van der Waals surface area contributed by atoms with Crippen LogP contribution in [0.5, 0.6) is 11.5 Å². The first kappa shape index (κ1) is 14.2. The van der Waals surface area contributed by atoms with Crippen molar-refractivity contribution in [2.75, 3.05) is 28.4 Å². The normalized spacial score (nSPS) is 20.8. The number of carbonyl (C=O) groups excluding carboxylic acids is 1. The van der Waals surface area contributed by atoms with E-state index in [4.69, 9.17) is 23.7 Å². The highest BCUT2D eigenvalue weighted by molar-refractivity contribution is 5.76. The van der Waals surface area contributed by atoms with Gasteiger partial charge in [-0.25, -0.2) is 0 Å². The Balaban J connectivity index is 2.79. The largest absolute Gasteiger partial charge is 0.496 e. The van der Waals surface area contributed by atoms with Crippen LogP contribution in [0.4, 0.5) is 0 Å². The second-order valence-electron chi connectivity index (χ2n) is 4.02. The highest BCUT2D eigenvalue weighted by Gasteiger charge is 2.49. The van der Waals surface area contributed by atoms with Gasteiger partial charge in [-0.05, 0) is 12.1 Å². The van der Waals surface area contributed by atoms with E-state index in [1.807, 2.05) is 0 Å². The molecule has 1 unspecified atom stereocenters. The average Bonchev–Trinajstić information content (AvgIpc) is 2.51. The van der Waals surface area contributed by atoms with Crippen molar-refractivity contribution < 1.29 is 28.5 Å². The monoisotopic (exact) mass is 280 g/mol. The summed E-state index contributed by atoms with van der Waals surface area (Å²) in [7, 11) is 5.74. The van der Waals surface area contributed by atoms with Crippen molar-refractivity contribution in [3.63, 3.8) is 0 Å². The summed E-state index contributed by atoms with van der Waals surface area (Å²) in [6.07, 6.45) is 0.634. The zero-order valence-corrected chi connectivity index (χ0v) is 11.8. The van der Waals surface area contributed by atoms with Gasteiger partial charge in [0.2, 0.25) is 11.4 Å². The van der Waals surface area contributed by atoms with Gasteiger partial charge in [-0.1, -0.05) is 6.07 Å². The third-order valence-electron chi connectivity index (χ3n) is 3.18. The van der Waals surface area contributed by atoms with E-state index in [-0.39, 0.29) is 11.7 Å². The first-order valence-electron chi connectivity index (χ1n) is 5.88. The molecule has 0 radical (unpaired) electrons. The minimum atomic E-state index is -1.47. The Hall–Kier alpha value is -2.21. The summed E-state index contributed by atoms with van der Waals surface area (Å²) >= 11 is 0. The van der Waals surface area contributed by atoms with Crippen molar-refractivity contribution in [2.45, 2.75) is 5.60 Å². The zero-order valence-electron chi connectivity index (χ0n) is 11.8. The Kier molecular flexibility index (Phi) is 3.85. The van der Waals surface area contributed by atoms with Crippen molar-refractivity contribution in [3.05, 3.63) is 35.5 Å². The average molecular weight is 280 g/mol. The summed E-state index contributed by atoms with van der Waals surface area (Å²) in [6.45, 7) is 0. The molecule has 6 nitrogen and oxygen atoms in total. The van der Waals surface area contributed by atoms with Crippen LogP contribution in [-0.4, -0.2) is 34.7 Å². The van der Waals surface area contributed by atoms with E-state index < -0.39 is 5.60 Å². The molecule has 0 N–H and O–H groups in total. The lowest BCUT2D eigenvalue weighted by Crippen LogP contribution is -2.39. The summed E-state index contributed by atoms with van der Waals surface area (Å²) in [6, 6.07) is 5.15. The predicted octanol–water partition coefficient (Wildman–Crippen LogP) is 1.59. The van der Waals surface area contributed by atoms with Crippen molar-refractivity contribution in [2.24, 2.45) is 0 Å². The van der Waals surface area contributed by atoms with E-state index in [1.54, 1.807) is 18.2 Å². The van der Waals surface area contributed by atoms with Crippen molar-refractivity contribution >= 4 is 6.29 Å². The van der Waals surface area contributed by atoms with Gasteiger partial charge < -0.3 is 23.7 Å². The van der Waals surface area contributed by atoms with Gasteiger partial charge in [-0.3, -0.25) is 4.79 Å². The van der Waals surface area contributed by atoms with E-state index in [2.05, 4.69) is 0 Å². The number of ether oxygens (including phenoxy) is 5. The van der Waals surface area contributed by atoms with Crippen LogP contribution in [0, 0.1) is 0 Å². The topological polar surface area (TPSA) is 63.2 Å². The van der Waals surface area contributed by atoms with Crippen LogP contribution in [0.15, 0.2) is 29.9 Å². The maximum Gasteiger partial charge on any atom is 0.328 e. The highest BCUT2D eigenvalue weighted by Crippen LogP contribution is 2.47. The van der Waals surface area contributed by atoms with Gasteiger partial charge in [0.25, 0.3) is 0 Å². The van der Waals surface area contributed by atoms with Crippen LogP contribution in [-0.2, 0) is 24.6 Å². The standard InChI is InChI=1S/C14H16O6/c1-16-9-6-5-7-10-11(9)14(8-15,19-4)12(17-2)13(18-3)20-10/h5-8H,1-4H3. The summed E-state index contributed by atoms with van der Waals surface area (Å²) in [5.41, 5.74) is -1.03. The Bertz CT molecular complexity index is 551. The molecule has 1 atom stereocenters. The molecule has 0 saturated heterocycles. The first-order chi connectivity index (χ1) is 9.68. The summed E-state index contributed by atoms with van der Waals surface area (Å²) in [5.74, 6) is 1.08. The molecular formula is C14H16O6. The molecule has 1 aromatic carbocycles. The van der Waals surface area contributed by atoms with Crippen LogP contribution >= 0.6 is 0 Å². The summed E-state index contributed by atoms with van der Waals surface area (Å²) in [4.78, 5) is 11.8. The molecule has 0 saturated carbocycles. The predicted molar refractivity (Wildman–Crippen MR) is 69.4 cm³/mol. The maximum absolute atomic E-state index is 11.8. The van der Waals surface area contributed by atoms with Crippen molar-refractivity contribution in [1.29, 1.82) is 0 Å². The molecule has 0 amide bonds. The quantitative estimate of drug-likeness (QED) is 0.763. The summed E-state index contributed by atoms with van der Waals surface area (Å²) in [5, 5.41) is 0. The van der Waals surface area contributed by atoms with Gasteiger partial charge in [0.05, 0.1) is 26.9 Å². The molecule has 0 fully saturated rings. The summed E-state index contributed by atoms with van der Waals surface area (Å²) < 4.78 is 26.7. The molecule has 0 bridgehead atoms. The fourth-order valence-electron chi connectivity index (χ4n) is 2.27. The molecule has 20 heavy (non-hydrogen) atoms. The number of methoxy groups -OCH3 is 4. The number of benzene rings is 1. The number of rotatable bonds is 5. The number of hydrogen-bond donors (Lipinski definition) is 0. The van der Waals surface area contributed by atoms with Crippen molar-refractivity contribution in [3.8, 4) is 11.5 Å². The molecule has 1 heterocycles. The minimum absolute atomic E-state index is 0.0715. The SMILES string of the molecule is COC1=C(OC)C(C=O)(OC)c2c(OC)cccc2O1. The van der Waals surface area contributed by atoms with Crippen LogP contribution in [0.3, 0.4) is 0 Å². The van der Waals surface area contributed by atoms with E-state index in [0.29, 0.717) is 23.3 Å². The van der Waals surface area contributed by atoms with Gasteiger partial charge in [0.15, 0.2) is 6.29 Å². The van der Waals surface area contributed by atoms with Gasteiger partial charge in [0.1, 0.15) is 11.5 Å². The molecule has 0 aromatic heterocycles. The number of carbonyl (C=O) groups is 1. The second kappa shape index (κ2) is 5.42. The Morgan fingerprint density at radius 3 is 2.35 bits per heavy atom. The molecular weight excluding hydrogens is 264 g/mol. The Labute approximate surface area is 116 Å². The number of aldehydes is 1. The number of fused-ring (bicyclic) bond motifs is 1. The third kappa shape index (κ3) is 1.80. The minimum Gasteiger partial charge on any atom is -0.496 e. The molecule has 1 aliphatic heterocycles. The molecule has 1 aliphatic rings. The first-order valence-corrected chi connectivity index (χ1v) is 5.88. The molecule has 0 aliphatic carbocycles.